The van der Waals surface area contributed by atoms with E-state index in [2.05, 4.69) is 5.32 Å². The van der Waals surface area contributed by atoms with Gasteiger partial charge in [-0.05, 0) is 55.5 Å². The zero-order chi connectivity index (χ0) is 27.0. The second-order valence-electron chi connectivity index (χ2n) is 9.41. The van der Waals surface area contributed by atoms with Crippen molar-refractivity contribution in [2.75, 3.05) is 13.6 Å². The van der Waals surface area contributed by atoms with E-state index in [4.69, 9.17) is 23.2 Å². The van der Waals surface area contributed by atoms with Crippen LogP contribution < -0.4 is 5.32 Å². The highest BCUT2D eigenvalue weighted by Gasteiger charge is 2.31. The first-order chi connectivity index (χ1) is 17.6. The molecule has 0 heterocycles. The van der Waals surface area contributed by atoms with Crippen molar-refractivity contribution >= 4 is 45.0 Å². The van der Waals surface area contributed by atoms with Crippen LogP contribution in [0.5, 0.6) is 0 Å². The Morgan fingerprint density at radius 1 is 1.08 bits per heavy atom. The average Bonchev–Trinajstić information content (AvgIpc) is 3.38. The summed E-state index contributed by atoms with van der Waals surface area (Å²) >= 11 is 12.4. The third-order valence-electron chi connectivity index (χ3n) is 6.76. The first kappa shape index (κ1) is 29.4. The normalized spacial score (nSPS) is 15.1. The molecule has 1 N–H and O–H groups in total. The Kier molecular flexibility index (Phi) is 10.8. The summed E-state index contributed by atoms with van der Waals surface area (Å²) in [4.78, 5) is 28.5. The molecule has 0 aliphatic heterocycles. The maximum atomic E-state index is 13.5. The molecule has 1 saturated carbocycles. The van der Waals surface area contributed by atoms with E-state index in [-0.39, 0.29) is 42.3 Å². The Labute approximate surface area is 230 Å². The van der Waals surface area contributed by atoms with E-state index in [1.807, 2.05) is 6.92 Å². The lowest BCUT2D eigenvalue weighted by molar-refractivity contribution is -0.141. The molecule has 1 aliphatic carbocycles. The molecular weight excluding hydrogens is 533 g/mol. The third-order valence-corrected chi connectivity index (χ3v) is 9.22. The van der Waals surface area contributed by atoms with Crippen molar-refractivity contribution in [2.45, 2.75) is 75.4 Å². The maximum Gasteiger partial charge on any atom is 0.243 e. The summed E-state index contributed by atoms with van der Waals surface area (Å²) in [5, 5.41) is 4.02. The van der Waals surface area contributed by atoms with Gasteiger partial charge in [-0.3, -0.25) is 9.59 Å². The van der Waals surface area contributed by atoms with Crippen molar-refractivity contribution in [3.05, 3.63) is 64.1 Å². The van der Waals surface area contributed by atoms with Crippen LogP contribution in [0, 0.1) is 0 Å². The van der Waals surface area contributed by atoms with Crippen LogP contribution in [-0.4, -0.2) is 55.1 Å². The molecule has 2 aromatic carbocycles. The summed E-state index contributed by atoms with van der Waals surface area (Å²) < 4.78 is 26.9. The lowest BCUT2D eigenvalue weighted by Crippen LogP contribution is -2.51. The van der Waals surface area contributed by atoms with Crippen molar-refractivity contribution in [1.29, 1.82) is 0 Å². The summed E-state index contributed by atoms with van der Waals surface area (Å²) in [5.41, 5.74) is 0.690. The van der Waals surface area contributed by atoms with E-state index in [0.29, 0.717) is 28.5 Å². The molecule has 2 amide bonds. The third kappa shape index (κ3) is 7.93. The van der Waals surface area contributed by atoms with Gasteiger partial charge in [0.15, 0.2) is 0 Å². The SMILES string of the molecule is CC[C@@H](C(=O)NC1CCCC1)N(Cc1ccc(Cl)cc1Cl)C(=O)CCCN(C)S(=O)(=O)c1ccccc1. The fourth-order valence-corrected chi connectivity index (χ4v) is 6.31. The number of carbonyl (C=O) groups excluding carboxylic acids is 2. The zero-order valence-corrected chi connectivity index (χ0v) is 23.7. The van der Waals surface area contributed by atoms with Crippen LogP contribution in [0.3, 0.4) is 0 Å². The number of carbonyl (C=O) groups is 2. The molecule has 37 heavy (non-hydrogen) atoms. The van der Waals surface area contributed by atoms with Gasteiger partial charge in [-0.25, -0.2) is 12.7 Å². The first-order valence-corrected chi connectivity index (χ1v) is 14.9. The minimum Gasteiger partial charge on any atom is -0.352 e. The van der Waals surface area contributed by atoms with Crippen molar-refractivity contribution in [3.63, 3.8) is 0 Å². The topological polar surface area (TPSA) is 86.8 Å². The van der Waals surface area contributed by atoms with E-state index in [0.717, 1.165) is 25.7 Å². The molecule has 202 valence electrons. The van der Waals surface area contributed by atoms with E-state index in [9.17, 15) is 18.0 Å². The molecule has 2 aromatic rings. The van der Waals surface area contributed by atoms with Crippen LogP contribution in [0.2, 0.25) is 10.0 Å². The lowest BCUT2D eigenvalue weighted by atomic mass is 10.1. The Bertz CT molecular complexity index is 1170. The molecule has 0 saturated heterocycles. The fourth-order valence-electron chi connectivity index (χ4n) is 4.61. The van der Waals surface area contributed by atoms with Gasteiger partial charge < -0.3 is 10.2 Å². The van der Waals surface area contributed by atoms with Gasteiger partial charge in [-0.15, -0.1) is 0 Å². The van der Waals surface area contributed by atoms with Crippen molar-refractivity contribution in [2.24, 2.45) is 0 Å². The Morgan fingerprint density at radius 2 is 1.76 bits per heavy atom. The monoisotopic (exact) mass is 567 g/mol. The minimum absolute atomic E-state index is 0.0903. The van der Waals surface area contributed by atoms with Crippen molar-refractivity contribution in [3.8, 4) is 0 Å². The number of nitrogens with zero attached hydrogens (tertiary/aromatic N) is 2. The highest BCUT2D eigenvalue weighted by atomic mass is 35.5. The molecular formula is C27H35Cl2N3O4S. The van der Waals surface area contributed by atoms with Gasteiger partial charge in [0.2, 0.25) is 21.8 Å². The predicted octanol–water partition coefficient (Wildman–Crippen LogP) is 5.26. The predicted molar refractivity (Wildman–Crippen MR) is 147 cm³/mol. The molecule has 3 rings (SSSR count). The van der Waals surface area contributed by atoms with Gasteiger partial charge in [0.05, 0.1) is 4.90 Å². The second kappa shape index (κ2) is 13.6. The van der Waals surface area contributed by atoms with Gasteiger partial charge in [-0.2, -0.15) is 0 Å². The maximum absolute atomic E-state index is 13.5. The van der Waals surface area contributed by atoms with Crippen LogP contribution in [0.1, 0.15) is 57.4 Å². The summed E-state index contributed by atoms with van der Waals surface area (Å²) in [6.45, 7) is 2.20. The molecule has 0 radical (unpaired) electrons. The lowest BCUT2D eigenvalue weighted by Gasteiger charge is -2.32. The molecule has 1 fully saturated rings. The number of benzene rings is 2. The number of rotatable bonds is 12. The van der Waals surface area contributed by atoms with Crippen LogP contribution >= 0.6 is 23.2 Å². The summed E-state index contributed by atoms with van der Waals surface area (Å²) in [5.74, 6) is -0.401. The first-order valence-electron chi connectivity index (χ1n) is 12.7. The summed E-state index contributed by atoms with van der Waals surface area (Å²) in [6.07, 6.45) is 4.91. The second-order valence-corrected chi connectivity index (χ2v) is 12.3. The van der Waals surface area contributed by atoms with Crippen molar-refractivity contribution < 1.29 is 18.0 Å². The molecule has 1 atom stereocenters. The van der Waals surface area contributed by atoms with E-state index in [1.54, 1.807) is 53.4 Å². The molecule has 10 heteroatoms. The number of halogens is 2. The van der Waals surface area contributed by atoms with Crippen LogP contribution in [0.25, 0.3) is 0 Å². The number of sulfonamides is 1. The van der Waals surface area contributed by atoms with Gasteiger partial charge in [0.1, 0.15) is 6.04 Å². The highest BCUT2D eigenvalue weighted by molar-refractivity contribution is 7.89. The van der Waals surface area contributed by atoms with Crippen molar-refractivity contribution in [1.82, 2.24) is 14.5 Å². The number of hydrogen-bond donors (Lipinski definition) is 1. The fraction of sp³-hybridized carbons (Fsp3) is 0.481. The number of nitrogens with one attached hydrogen (secondary N) is 1. The molecule has 0 spiro atoms. The van der Waals surface area contributed by atoms with Crippen LogP contribution in [0.4, 0.5) is 0 Å². The Hall–Kier alpha value is -2.13. The quantitative estimate of drug-likeness (QED) is 0.379. The molecule has 0 unspecified atom stereocenters. The highest BCUT2D eigenvalue weighted by Crippen LogP contribution is 2.25. The van der Waals surface area contributed by atoms with Crippen LogP contribution in [0.15, 0.2) is 53.4 Å². The number of amides is 2. The summed E-state index contributed by atoms with van der Waals surface area (Å²) in [6, 6.07) is 12.7. The Balaban J connectivity index is 1.72. The van der Waals surface area contributed by atoms with E-state index in [1.165, 1.54) is 11.4 Å². The summed E-state index contributed by atoms with van der Waals surface area (Å²) in [7, 11) is -2.15. The van der Waals surface area contributed by atoms with Crippen LogP contribution in [-0.2, 0) is 26.2 Å². The van der Waals surface area contributed by atoms with Gasteiger partial charge in [0.25, 0.3) is 0 Å². The van der Waals surface area contributed by atoms with Gasteiger partial charge in [-0.1, -0.05) is 67.2 Å². The smallest absolute Gasteiger partial charge is 0.243 e. The standard InChI is InChI=1S/C27H35Cl2N3O4S/c1-3-25(27(34)30-22-10-7-8-11-22)32(19-20-15-16-21(28)18-24(20)29)26(33)14-9-17-31(2)37(35,36)23-12-5-4-6-13-23/h4-6,12-13,15-16,18,22,25H,3,7-11,14,17,19H2,1-2H3,(H,30,34)/t25-/m0/s1. The molecule has 7 nitrogen and oxygen atoms in total. The molecule has 0 aromatic heterocycles. The number of hydrogen-bond acceptors (Lipinski definition) is 4. The van der Waals surface area contributed by atoms with Gasteiger partial charge in [0, 0.05) is 42.6 Å². The van der Waals surface area contributed by atoms with E-state index < -0.39 is 16.1 Å². The molecule has 1 aliphatic rings. The Morgan fingerprint density at radius 3 is 2.38 bits per heavy atom. The minimum atomic E-state index is -3.65. The molecule has 0 bridgehead atoms. The van der Waals surface area contributed by atoms with Gasteiger partial charge >= 0.3 is 0 Å². The van der Waals surface area contributed by atoms with E-state index >= 15 is 0 Å². The average molecular weight is 569 g/mol. The zero-order valence-electron chi connectivity index (χ0n) is 21.3. The largest absolute Gasteiger partial charge is 0.352 e.